The number of nitrogen functional groups attached to an aromatic ring is 2. The van der Waals surface area contributed by atoms with E-state index in [1.807, 2.05) is 6.92 Å². The summed E-state index contributed by atoms with van der Waals surface area (Å²) in [4.78, 5) is 13.1. The molecule has 0 bridgehead atoms. The minimum atomic E-state index is 0.107. The van der Waals surface area contributed by atoms with Gasteiger partial charge in [0.25, 0.3) is 0 Å². The molecule has 0 unspecified atom stereocenters. The van der Waals surface area contributed by atoms with Gasteiger partial charge in [-0.3, -0.25) is 0 Å². The third kappa shape index (κ3) is 2.05. The summed E-state index contributed by atoms with van der Waals surface area (Å²) in [6.45, 7) is 5.56. The van der Waals surface area contributed by atoms with E-state index in [-0.39, 0.29) is 11.9 Å². The second-order valence-corrected chi connectivity index (χ2v) is 2.65. The second-order valence-electron chi connectivity index (χ2n) is 2.65. The van der Waals surface area contributed by atoms with Crippen LogP contribution in [0.5, 0.6) is 0 Å². The first-order valence-electron chi connectivity index (χ1n) is 3.67. The Morgan fingerprint density at radius 3 is 2.08 bits per heavy atom. The zero-order chi connectivity index (χ0) is 10.0. The molecule has 0 aliphatic heterocycles. The average Bonchev–Trinajstić information content (AvgIpc) is 2.01. The van der Waals surface area contributed by atoms with E-state index in [0.29, 0.717) is 5.95 Å². The van der Waals surface area contributed by atoms with E-state index in [2.05, 4.69) is 21.5 Å². The van der Waals surface area contributed by atoms with Crippen molar-refractivity contribution in [2.75, 3.05) is 23.4 Å². The van der Waals surface area contributed by atoms with E-state index >= 15 is 0 Å². The van der Waals surface area contributed by atoms with E-state index in [0.717, 1.165) is 5.70 Å². The molecule has 0 spiro atoms. The highest BCUT2D eigenvalue weighted by Gasteiger charge is 2.06. The minimum Gasteiger partial charge on any atom is -0.368 e. The summed E-state index contributed by atoms with van der Waals surface area (Å²) in [5, 5.41) is 0. The maximum Gasteiger partial charge on any atom is 0.235 e. The van der Waals surface area contributed by atoms with Gasteiger partial charge < -0.3 is 16.4 Å². The normalized spacial score (nSPS) is 9.69. The SMILES string of the molecule is C=C(C)N(C)c1nc(N)nc(N)n1. The smallest absolute Gasteiger partial charge is 0.235 e. The molecule has 1 rings (SSSR count). The first-order valence-corrected chi connectivity index (χ1v) is 3.67. The Hall–Kier alpha value is -1.85. The Morgan fingerprint density at radius 2 is 1.69 bits per heavy atom. The predicted octanol–water partition coefficient (Wildman–Crippen LogP) is 0.00580. The van der Waals surface area contributed by atoms with Crippen LogP contribution in [0, 0.1) is 0 Å². The van der Waals surface area contributed by atoms with E-state index in [4.69, 9.17) is 11.5 Å². The lowest BCUT2D eigenvalue weighted by Crippen LogP contribution is -2.18. The molecule has 0 radical (unpaired) electrons. The lowest BCUT2D eigenvalue weighted by Gasteiger charge is -2.16. The molecule has 0 aromatic carbocycles. The number of hydrogen-bond acceptors (Lipinski definition) is 6. The highest BCUT2D eigenvalue weighted by atomic mass is 15.3. The fraction of sp³-hybridized carbons (Fsp3) is 0.286. The fourth-order valence-corrected chi connectivity index (χ4v) is 0.718. The summed E-state index contributed by atoms with van der Waals surface area (Å²) in [5.41, 5.74) is 11.6. The molecule has 0 saturated carbocycles. The summed E-state index contributed by atoms with van der Waals surface area (Å²) < 4.78 is 0. The summed E-state index contributed by atoms with van der Waals surface area (Å²) >= 11 is 0. The van der Waals surface area contributed by atoms with Crippen LogP contribution in [0.2, 0.25) is 0 Å². The number of aromatic nitrogens is 3. The third-order valence-electron chi connectivity index (χ3n) is 1.53. The topological polar surface area (TPSA) is 94.0 Å². The van der Waals surface area contributed by atoms with Crippen molar-refractivity contribution < 1.29 is 0 Å². The van der Waals surface area contributed by atoms with Crippen molar-refractivity contribution in [3.63, 3.8) is 0 Å². The molecule has 0 atom stereocenters. The van der Waals surface area contributed by atoms with Crippen molar-refractivity contribution in [3.8, 4) is 0 Å². The van der Waals surface area contributed by atoms with Crippen LogP contribution in [0.1, 0.15) is 6.92 Å². The molecule has 1 aromatic heterocycles. The van der Waals surface area contributed by atoms with Crippen molar-refractivity contribution in [2.24, 2.45) is 0 Å². The number of allylic oxidation sites excluding steroid dienone is 1. The van der Waals surface area contributed by atoms with E-state index < -0.39 is 0 Å². The van der Waals surface area contributed by atoms with Crippen LogP contribution in [0.15, 0.2) is 12.3 Å². The molecule has 6 heteroatoms. The Labute approximate surface area is 76.3 Å². The lowest BCUT2D eigenvalue weighted by atomic mass is 10.5. The Morgan fingerprint density at radius 1 is 1.23 bits per heavy atom. The van der Waals surface area contributed by atoms with E-state index in [1.54, 1.807) is 11.9 Å². The quantitative estimate of drug-likeness (QED) is 0.665. The number of hydrogen-bond donors (Lipinski definition) is 2. The van der Waals surface area contributed by atoms with Crippen LogP contribution in [-0.4, -0.2) is 22.0 Å². The second kappa shape index (κ2) is 3.26. The number of rotatable bonds is 2. The highest BCUT2D eigenvalue weighted by Crippen LogP contribution is 2.11. The molecule has 0 aliphatic carbocycles. The van der Waals surface area contributed by atoms with Gasteiger partial charge in [-0.05, 0) is 6.92 Å². The Kier molecular flexibility index (Phi) is 2.32. The molecule has 13 heavy (non-hydrogen) atoms. The standard InChI is InChI=1S/C7H12N6/c1-4(2)13(3)7-11-5(8)10-6(9)12-7/h1H2,2-3H3,(H4,8,9,10,11,12). The number of nitrogens with zero attached hydrogens (tertiary/aromatic N) is 4. The van der Waals surface area contributed by atoms with Crippen LogP contribution in [0.4, 0.5) is 17.8 Å². The molecule has 1 heterocycles. The number of nitrogens with two attached hydrogens (primary N) is 2. The van der Waals surface area contributed by atoms with Crippen molar-refractivity contribution in [1.82, 2.24) is 15.0 Å². The molecule has 4 N–H and O–H groups in total. The molecule has 6 nitrogen and oxygen atoms in total. The first kappa shape index (κ1) is 9.24. The first-order chi connectivity index (χ1) is 6.00. The minimum absolute atomic E-state index is 0.107. The zero-order valence-electron chi connectivity index (χ0n) is 7.65. The van der Waals surface area contributed by atoms with Crippen molar-refractivity contribution in [3.05, 3.63) is 12.3 Å². The average molecular weight is 180 g/mol. The number of anilines is 3. The third-order valence-corrected chi connectivity index (χ3v) is 1.53. The van der Waals surface area contributed by atoms with Gasteiger partial charge in [0.15, 0.2) is 0 Å². The molecular formula is C7H12N6. The summed E-state index contributed by atoms with van der Waals surface area (Å²) in [5.74, 6) is 0.615. The van der Waals surface area contributed by atoms with Crippen LogP contribution in [0.25, 0.3) is 0 Å². The monoisotopic (exact) mass is 180 g/mol. The summed E-state index contributed by atoms with van der Waals surface area (Å²) in [7, 11) is 1.77. The zero-order valence-corrected chi connectivity index (χ0v) is 7.65. The molecule has 1 aromatic rings. The molecule has 0 fully saturated rings. The van der Waals surface area contributed by atoms with Gasteiger partial charge in [0.1, 0.15) is 0 Å². The van der Waals surface area contributed by atoms with Gasteiger partial charge in [0, 0.05) is 12.7 Å². The van der Waals surface area contributed by atoms with Crippen LogP contribution in [-0.2, 0) is 0 Å². The maximum absolute atomic E-state index is 5.40. The molecule has 0 amide bonds. The largest absolute Gasteiger partial charge is 0.368 e. The maximum atomic E-state index is 5.40. The van der Waals surface area contributed by atoms with Gasteiger partial charge in [0.2, 0.25) is 17.8 Å². The van der Waals surface area contributed by atoms with Gasteiger partial charge in [-0.2, -0.15) is 15.0 Å². The Bertz CT molecular complexity index is 314. The fourth-order valence-electron chi connectivity index (χ4n) is 0.718. The van der Waals surface area contributed by atoms with Crippen molar-refractivity contribution in [1.29, 1.82) is 0 Å². The van der Waals surface area contributed by atoms with Gasteiger partial charge in [-0.25, -0.2) is 0 Å². The van der Waals surface area contributed by atoms with Crippen LogP contribution >= 0.6 is 0 Å². The van der Waals surface area contributed by atoms with Gasteiger partial charge in [0.05, 0.1) is 0 Å². The highest BCUT2D eigenvalue weighted by molar-refractivity contribution is 5.43. The molecule has 0 saturated heterocycles. The molecule has 0 aliphatic rings. The van der Waals surface area contributed by atoms with E-state index in [1.165, 1.54) is 0 Å². The summed E-state index contributed by atoms with van der Waals surface area (Å²) in [6, 6.07) is 0. The van der Waals surface area contributed by atoms with Crippen molar-refractivity contribution in [2.45, 2.75) is 6.92 Å². The molecular weight excluding hydrogens is 168 g/mol. The molecule has 70 valence electrons. The van der Waals surface area contributed by atoms with E-state index in [9.17, 15) is 0 Å². The van der Waals surface area contributed by atoms with Gasteiger partial charge in [-0.15, -0.1) is 0 Å². The Balaban J connectivity index is 3.07. The van der Waals surface area contributed by atoms with Gasteiger partial charge >= 0.3 is 0 Å². The van der Waals surface area contributed by atoms with Crippen molar-refractivity contribution >= 4 is 17.8 Å². The van der Waals surface area contributed by atoms with Crippen LogP contribution < -0.4 is 16.4 Å². The predicted molar refractivity (Wildman–Crippen MR) is 51.9 cm³/mol. The van der Waals surface area contributed by atoms with Crippen LogP contribution in [0.3, 0.4) is 0 Å². The summed E-state index contributed by atoms with van der Waals surface area (Å²) in [6.07, 6.45) is 0. The van der Waals surface area contributed by atoms with Gasteiger partial charge in [-0.1, -0.05) is 6.58 Å². The lowest BCUT2D eigenvalue weighted by molar-refractivity contribution is 0.966.